The third-order valence-corrected chi connectivity index (χ3v) is 3.09. The predicted octanol–water partition coefficient (Wildman–Crippen LogP) is 2.72. The smallest absolute Gasteiger partial charge is 0.00203 e. The summed E-state index contributed by atoms with van der Waals surface area (Å²) in [6.07, 6.45) is 3.78. The van der Waals surface area contributed by atoms with E-state index in [0.29, 0.717) is 0 Å². The van der Waals surface area contributed by atoms with Gasteiger partial charge in [0.15, 0.2) is 0 Å². The summed E-state index contributed by atoms with van der Waals surface area (Å²) in [6.45, 7) is 4.57. The number of rotatable bonds is 2. The van der Waals surface area contributed by atoms with Gasteiger partial charge < -0.3 is 5.32 Å². The van der Waals surface area contributed by atoms with Crippen molar-refractivity contribution in [3.8, 4) is 0 Å². The summed E-state index contributed by atoms with van der Waals surface area (Å²) in [5.74, 6) is 0.735. The van der Waals surface area contributed by atoms with Gasteiger partial charge in [-0.2, -0.15) is 0 Å². The highest BCUT2D eigenvalue weighted by atomic mass is 14.9. The highest BCUT2D eigenvalue weighted by Crippen LogP contribution is 2.26. The minimum Gasteiger partial charge on any atom is -0.316 e. The van der Waals surface area contributed by atoms with Gasteiger partial charge in [-0.15, -0.1) is 0 Å². The quantitative estimate of drug-likeness (QED) is 0.754. The van der Waals surface area contributed by atoms with Crippen LogP contribution in [0.2, 0.25) is 0 Å². The van der Waals surface area contributed by atoms with Gasteiger partial charge in [-0.3, -0.25) is 0 Å². The molecule has 1 unspecified atom stereocenters. The normalized spacial score (nSPS) is 21.4. The lowest BCUT2D eigenvalue weighted by atomic mass is 9.91. The molecule has 0 fully saturated rings. The minimum atomic E-state index is 0.735. The van der Waals surface area contributed by atoms with E-state index in [1.54, 1.807) is 11.1 Å². The molecule has 1 heteroatoms. The minimum absolute atomic E-state index is 0.735. The molecule has 1 aliphatic rings. The summed E-state index contributed by atoms with van der Waals surface area (Å²) in [6, 6.07) is 8.92. The maximum absolute atomic E-state index is 3.53. The monoisotopic (exact) mass is 189 g/mol. The summed E-state index contributed by atoms with van der Waals surface area (Å²) < 4.78 is 0. The number of hydrogen-bond donors (Lipinski definition) is 1. The van der Waals surface area contributed by atoms with Crippen LogP contribution in [-0.4, -0.2) is 13.1 Å². The van der Waals surface area contributed by atoms with Crippen LogP contribution in [0.5, 0.6) is 0 Å². The molecule has 1 N–H and O–H groups in total. The molecule has 0 saturated heterocycles. The van der Waals surface area contributed by atoms with Crippen molar-refractivity contribution in [2.45, 2.75) is 32.1 Å². The van der Waals surface area contributed by atoms with Crippen molar-refractivity contribution < 1.29 is 0 Å². The van der Waals surface area contributed by atoms with Gasteiger partial charge >= 0.3 is 0 Å². The lowest BCUT2D eigenvalue weighted by Crippen LogP contribution is -2.20. The van der Waals surface area contributed by atoms with Gasteiger partial charge in [0.2, 0.25) is 0 Å². The molecule has 1 atom stereocenters. The van der Waals surface area contributed by atoms with Crippen molar-refractivity contribution in [1.82, 2.24) is 5.32 Å². The number of hydrogen-bond acceptors (Lipinski definition) is 1. The Hall–Kier alpha value is -0.820. The lowest BCUT2D eigenvalue weighted by molar-refractivity contribution is 0.565. The van der Waals surface area contributed by atoms with Crippen LogP contribution in [0.1, 0.15) is 36.8 Å². The Labute approximate surface area is 86.5 Å². The third-order valence-electron chi connectivity index (χ3n) is 3.09. The molecule has 0 radical (unpaired) electrons. The molecule has 1 aromatic carbocycles. The van der Waals surface area contributed by atoms with Gasteiger partial charge in [0, 0.05) is 6.54 Å². The van der Waals surface area contributed by atoms with Crippen molar-refractivity contribution in [2.24, 2.45) is 0 Å². The van der Waals surface area contributed by atoms with Crippen LogP contribution < -0.4 is 5.32 Å². The Kier molecular flexibility index (Phi) is 3.20. The van der Waals surface area contributed by atoms with Gasteiger partial charge in [-0.25, -0.2) is 0 Å². The highest BCUT2D eigenvalue weighted by Gasteiger charge is 2.16. The number of nitrogens with one attached hydrogen (secondary N) is 1. The van der Waals surface area contributed by atoms with E-state index in [0.717, 1.165) is 19.0 Å². The molecule has 1 heterocycles. The Balaban J connectivity index is 2.27. The van der Waals surface area contributed by atoms with Crippen molar-refractivity contribution >= 4 is 0 Å². The van der Waals surface area contributed by atoms with Crippen LogP contribution in [0.25, 0.3) is 0 Å². The molecule has 0 aromatic heterocycles. The first-order chi connectivity index (χ1) is 6.92. The SMILES string of the molecule is CCCC1CNCCc2ccccc21. The first-order valence-corrected chi connectivity index (χ1v) is 5.70. The van der Waals surface area contributed by atoms with Crippen LogP contribution in [-0.2, 0) is 6.42 Å². The Morgan fingerprint density at radius 3 is 3.07 bits per heavy atom. The van der Waals surface area contributed by atoms with Crippen LogP contribution >= 0.6 is 0 Å². The summed E-state index contributed by atoms with van der Waals surface area (Å²) >= 11 is 0. The molecule has 0 aliphatic carbocycles. The van der Waals surface area contributed by atoms with Crippen LogP contribution in [0.3, 0.4) is 0 Å². The molecule has 1 aromatic rings. The molecule has 0 amide bonds. The van der Waals surface area contributed by atoms with Crippen molar-refractivity contribution in [2.75, 3.05) is 13.1 Å². The molecule has 2 rings (SSSR count). The zero-order chi connectivity index (χ0) is 9.80. The fraction of sp³-hybridized carbons (Fsp3) is 0.538. The molecule has 1 aliphatic heterocycles. The van der Waals surface area contributed by atoms with E-state index in [4.69, 9.17) is 0 Å². The zero-order valence-corrected chi connectivity index (χ0v) is 8.92. The first kappa shape index (κ1) is 9.72. The summed E-state index contributed by atoms with van der Waals surface area (Å²) in [4.78, 5) is 0. The third kappa shape index (κ3) is 1.98. The largest absolute Gasteiger partial charge is 0.316 e. The van der Waals surface area contributed by atoms with Crippen LogP contribution in [0.15, 0.2) is 24.3 Å². The van der Waals surface area contributed by atoms with Crippen LogP contribution in [0.4, 0.5) is 0 Å². The average Bonchev–Trinajstić information content (AvgIpc) is 2.42. The molecule has 76 valence electrons. The second-order valence-electron chi connectivity index (χ2n) is 4.14. The molecule has 14 heavy (non-hydrogen) atoms. The maximum atomic E-state index is 3.53. The summed E-state index contributed by atoms with van der Waals surface area (Å²) in [5, 5.41) is 3.53. The van der Waals surface area contributed by atoms with E-state index >= 15 is 0 Å². The molecule has 0 saturated carbocycles. The maximum Gasteiger partial charge on any atom is 0.00203 e. The fourth-order valence-corrected chi connectivity index (χ4v) is 2.38. The Bertz CT molecular complexity index is 293. The average molecular weight is 189 g/mol. The molecule has 0 spiro atoms. The van der Waals surface area contributed by atoms with Gasteiger partial charge in [0.25, 0.3) is 0 Å². The first-order valence-electron chi connectivity index (χ1n) is 5.70. The van der Waals surface area contributed by atoms with Crippen molar-refractivity contribution in [3.05, 3.63) is 35.4 Å². The van der Waals surface area contributed by atoms with Crippen molar-refractivity contribution in [3.63, 3.8) is 0 Å². The van der Waals surface area contributed by atoms with Crippen LogP contribution in [0, 0.1) is 0 Å². The van der Waals surface area contributed by atoms with E-state index < -0.39 is 0 Å². The molecule has 1 nitrogen and oxygen atoms in total. The Morgan fingerprint density at radius 2 is 2.21 bits per heavy atom. The lowest BCUT2D eigenvalue weighted by Gasteiger charge is -2.16. The summed E-state index contributed by atoms with van der Waals surface area (Å²) in [7, 11) is 0. The second-order valence-corrected chi connectivity index (χ2v) is 4.14. The zero-order valence-electron chi connectivity index (χ0n) is 8.92. The molecular formula is C13H19N. The number of benzene rings is 1. The summed E-state index contributed by atoms with van der Waals surface area (Å²) in [5.41, 5.74) is 3.13. The highest BCUT2D eigenvalue weighted by molar-refractivity contribution is 5.32. The Morgan fingerprint density at radius 1 is 1.36 bits per heavy atom. The fourth-order valence-electron chi connectivity index (χ4n) is 2.38. The van der Waals surface area contributed by atoms with Gasteiger partial charge in [0.1, 0.15) is 0 Å². The topological polar surface area (TPSA) is 12.0 Å². The molecular weight excluding hydrogens is 170 g/mol. The van der Waals surface area contributed by atoms with E-state index in [2.05, 4.69) is 36.5 Å². The standard InChI is InChI=1S/C13H19N/c1-2-5-12-10-14-9-8-11-6-3-4-7-13(11)12/h3-4,6-7,12,14H,2,5,8-10H2,1H3. The van der Waals surface area contributed by atoms with Gasteiger partial charge in [-0.1, -0.05) is 37.6 Å². The van der Waals surface area contributed by atoms with E-state index in [1.807, 2.05) is 0 Å². The predicted molar refractivity (Wildman–Crippen MR) is 60.7 cm³/mol. The van der Waals surface area contributed by atoms with Crippen molar-refractivity contribution in [1.29, 1.82) is 0 Å². The van der Waals surface area contributed by atoms with Gasteiger partial charge in [-0.05, 0) is 36.4 Å². The van der Waals surface area contributed by atoms with Gasteiger partial charge in [0.05, 0.1) is 0 Å². The number of fused-ring (bicyclic) bond motifs is 1. The van der Waals surface area contributed by atoms with E-state index in [9.17, 15) is 0 Å². The van der Waals surface area contributed by atoms with E-state index in [-0.39, 0.29) is 0 Å². The second kappa shape index (κ2) is 4.61. The molecule has 0 bridgehead atoms. The van der Waals surface area contributed by atoms with E-state index in [1.165, 1.54) is 19.3 Å².